The Morgan fingerprint density at radius 1 is 1.33 bits per heavy atom. The van der Waals surface area contributed by atoms with E-state index in [1.54, 1.807) is 0 Å². The maximum Gasteiger partial charge on any atom is 0.0622 e. The second-order valence-corrected chi connectivity index (χ2v) is 5.07. The number of fused-ring (bicyclic) bond motifs is 1. The molecule has 1 heteroatoms. The molecule has 0 saturated heterocycles. The molecule has 0 aromatic rings. The fraction of sp³-hybridized carbons (Fsp3) is 1.00. The van der Waals surface area contributed by atoms with Crippen LogP contribution in [0.1, 0.15) is 46.0 Å². The van der Waals surface area contributed by atoms with E-state index in [4.69, 9.17) is 0 Å². The number of rotatable bonds is 2. The normalized spacial score (nSPS) is 42.5. The summed E-state index contributed by atoms with van der Waals surface area (Å²) in [6, 6.07) is 0. The van der Waals surface area contributed by atoms with E-state index in [-0.39, 0.29) is 6.10 Å². The van der Waals surface area contributed by atoms with Crippen molar-refractivity contribution in [1.29, 1.82) is 0 Å². The maximum atomic E-state index is 10.1. The Morgan fingerprint density at radius 3 is 2.67 bits per heavy atom. The third kappa shape index (κ3) is 1.10. The lowest BCUT2D eigenvalue weighted by molar-refractivity contribution is 0.0283. The van der Waals surface area contributed by atoms with Gasteiger partial charge in [-0.3, -0.25) is 0 Å². The van der Waals surface area contributed by atoms with E-state index in [0.29, 0.717) is 11.3 Å². The Morgan fingerprint density at radius 2 is 2.08 bits per heavy atom. The largest absolute Gasteiger partial charge is 0.392 e. The number of aliphatic hydroxyl groups excluding tert-OH is 1. The third-order valence-electron chi connectivity index (χ3n) is 3.94. The van der Waals surface area contributed by atoms with Gasteiger partial charge in [0.25, 0.3) is 0 Å². The molecule has 2 fully saturated rings. The minimum Gasteiger partial charge on any atom is -0.392 e. The molecule has 0 radical (unpaired) electrons. The van der Waals surface area contributed by atoms with Gasteiger partial charge in [0, 0.05) is 0 Å². The van der Waals surface area contributed by atoms with Gasteiger partial charge in [-0.1, -0.05) is 26.7 Å². The quantitative estimate of drug-likeness (QED) is 0.672. The van der Waals surface area contributed by atoms with Crippen LogP contribution in [0.5, 0.6) is 0 Å². The molecule has 0 aromatic carbocycles. The van der Waals surface area contributed by atoms with Gasteiger partial charge < -0.3 is 5.11 Å². The minimum absolute atomic E-state index is 0.0252. The third-order valence-corrected chi connectivity index (χ3v) is 3.94. The van der Waals surface area contributed by atoms with Gasteiger partial charge in [0.2, 0.25) is 0 Å². The summed E-state index contributed by atoms with van der Waals surface area (Å²) in [5, 5.41) is 10.1. The summed E-state index contributed by atoms with van der Waals surface area (Å²) in [4.78, 5) is 0. The van der Waals surface area contributed by atoms with E-state index >= 15 is 0 Å². The summed E-state index contributed by atoms with van der Waals surface area (Å²) in [7, 11) is 0. The molecule has 0 aliphatic heterocycles. The fourth-order valence-electron chi connectivity index (χ4n) is 3.11. The minimum atomic E-state index is -0.0252. The molecule has 3 unspecified atom stereocenters. The zero-order chi connectivity index (χ0) is 8.77. The van der Waals surface area contributed by atoms with Crippen molar-refractivity contribution in [2.45, 2.75) is 52.1 Å². The van der Waals surface area contributed by atoms with Crippen LogP contribution in [-0.2, 0) is 0 Å². The van der Waals surface area contributed by atoms with Crippen LogP contribution in [0.15, 0.2) is 0 Å². The first-order valence-electron chi connectivity index (χ1n) is 5.35. The summed E-state index contributed by atoms with van der Waals surface area (Å²) >= 11 is 0. The second-order valence-electron chi connectivity index (χ2n) is 5.07. The highest BCUT2D eigenvalue weighted by atomic mass is 16.3. The topological polar surface area (TPSA) is 20.2 Å². The molecule has 2 aliphatic carbocycles. The highest BCUT2D eigenvalue weighted by molar-refractivity contribution is 5.08. The Hall–Kier alpha value is -0.0400. The van der Waals surface area contributed by atoms with E-state index < -0.39 is 0 Å². The molecule has 12 heavy (non-hydrogen) atoms. The van der Waals surface area contributed by atoms with Crippen LogP contribution in [0.2, 0.25) is 0 Å². The van der Waals surface area contributed by atoms with Gasteiger partial charge in [0.05, 0.1) is 6.10 Å². The number of aliphatic hydroxyl groups is 1. The van der Waals surface area contributed by atoms with Crippen LogP contribution in [0.3, 0.4) is 0 Å². The molecule has 3 atom stereocenters. The molecule has 2 aliphatic rings. The van der Waals surface area contributed by atoms with E-state index in [9.17, 15) is 5.11 Å². The molecule has 0 heterocycles. The van der Waals surface area contributed by atoms with Crippen molar-refractivity contribution in [3.05, 3.63) is 0 Å². The summed E-state index contributed by atoms with van der Waals surface area (Å²) in [6.45, 7) is 4.28. The lowest BCUT2D eigenvalue weighted by Gasteiger charge is -2.29. The fourth-order valence-corrected chi connectivity index (χ4v) is 3.11. The summed E-state index contributed by atoms with van der Waals surface area (Å²) in [5.41, 5.74) is 0.381. The van der Waals surface area contributed by atoms with Crippen LogP contribution in [0, 0.1) is 17.3 Å². The average molecular weight is 168 g/mol. The first-order valence-corrected chi connectivity index (χ1v) is 5.35. The zero-order valence-corrected chi connectivity index (χ0v) is 8.21. The van der Waals surface area contributed by atoms with Crippen LogP contribution >= 0.6 is 0 Å². The van der Waals surface area contributed by atoms with E-state index in [1.165, 1.54) is 32.1 Å². The van der Waals surface area contributed by atoms with Gasteiger partial charge in [0.1, 0.15) is 0 Å². The zero-order valence-electron chi connectivity index (χ0n) is 8.21. The van der Waals surface area contributed by atoms with Crippen LogP contribution in [0.25, 0.3) is 0 Å². The van der Waals surface area contributed by atoms with E-state index in [2.05, 4.69) is 13.8 Å². The first kappa shape index (κ1) is 8.55. The molecule has 0 aromatic heterocycles. The Labute approximate surface area is 75.2 Å². The summed E-state index contributed by atoms with van der Waals surface area (Å²) < 4.78 is 0. The van der Waals surface area contributed by atoms with E-state index in [1.807, 2.05) is 0 Å². The van der Waals surface area contributed by atoms with Crippen molar-refractivity contribution >= 4 is 0 Å². The van der Waals surface area contributed by atoms with Crippen LogP contribution in [-0.4, -0.2) is 11.2 Å². The predicted molar refractivity (Wildman–Crippen MR) is 49.9 cm³/mol. The number of hydrogen-bond acceptors (Lipinski definition) is 1. The number of hydrogen-bond donors (Lipinski definition) is 1. The molecular formula is C11H20O. The molecule has 0 amide bonds. The predicted octanol–water partition coefficient (Wildman–Crippen LogP) is 2.58. The Kier molecular flexibility index (Phi) is 1.95. The van der Waals surface area contributed by atoms with Crippen molar-refractivity contribution in [3.8, 4) is 0 Å². The Bertz CT molecular complexity index is 176. The highest BCUT2D eigenvalue weighted by Crippen LogP contribution is 2.64. The van der Waals surface area contributed by atoms with Gasteiger partial charge in [0.15, 0.2) is 0 Å². The molecule has 1 nitrogen and oxygen atoms in total. The monoisotopic (exact) mass is 168 g/mol. The Balaban J connectivity index is 2.03. The molecule has 2 rings (SSSR count). The van der Waals surface area contributed by atoms with Crippen molar-refractivity contribution in [3.63, 3.8) is 0 Å². The SMILES string of the molecule is CC(C)C(O)C12CCCCC1C2. The standard InChI is InChI=1S/C11H20O/c1-8(2)10(12)11-6-4-3-5-9(11)7-11/h8-10,12H,3-7H2,1-2H3. The van der Waals surface area contributed by atoms with Gasteiger partial charge in [-0.25, -0.2) is 0 Å². The lowest BCUT2D eigenvalue weighted by atomic mass is 9.80. The summed E-state index contributed by atoms with van der Waals surface area (Å²) in [6.07, 6.45) is 6.70. The smallest absolute Gasteiger partial charge is 0.0622 e. The summed E-state index contributed by atoms with van der Waals surface area (Å²) in [5.74, 6) is 1.33. The molecular weight excluding hydrogens is 148 g/mol. The molecule has 1 N–H and O–H groups in total. The molecule has 2 saturated carbocycles. The van der Waals surface area contributed by atoms with Crippen LogP contribution in [0.4, 0.5) is 0 Å². The van der Waals surface area contributed by atoms with Crippen molar-refractivity contribution in [2.75, 3.05) is 0 Å². The molecule has 0 bridgehead atoms. The van der Waals surface area contributed by atoms with Crippen molar-refractivity contribution in [2.24, 2.45) is 17.3 Å². The molecule has 0 spiro atoms. The van der Waals surface area contributed by atoms with Crippen molar-refractivity contribution < 1.29 is 5.11 Å². The van der Waals surface area contributed by atoms with Gasteiger partial charge in [-0.2, -0.15) is 0 Å². The second kappa shape index (κ2) is 2.73. The van der Waals surface area contributed by atoms with Gasteiger partial charge in [-0.05, 0) is 36.5 Å². The van der Waals surface area contributed by atoms with Gasteiger partial charge >= 0.3 is 0 Å². The van der Waals surface area contributed by atoms with Crippen LogP contribution < -0.4 is 0 Å². The highest BCUT2D eigenvalue weighted by Gasteiger charge is 2.59. The lowest BCUT2D eigenvalue weighted by Crippen LogP contribution is -2.30. The maximum absolute atomic E-state index is 10.1. The molecule has 70 valence electrons. The average Bonchev–Trinajstić information content (AvgIpc) is 2.77. The first-order chi connectivity index (χ1) is 5.67. The van der Waals surface area contributed by atoms with Gasteiger partial charge in [-0.15, -0.1) is 0 Å². The van der Waals surface area contributed by atoms with E-state index in [0.717, 1.165) is 5.92 Å². The van der Waals surface area contributed by atoms with Crippen molar-refractivity contribution in [1.82, 2.24) is 0 Å².